The van der Waals surface area contributed by atoms with Crippen LogP contribution >= 0.6 is 11.6 Å². The monoisotopic (exact) mass is 772 g/mol. The fraction of sp³-hybridized carbons (Fsp3) is 0.378. The molecule has 3 aromatic carbocycles. The SMILES string of the molecule is O=S(=O)(O)c1ccccc1.[2H]C([2H])(c1ccc(-c2ccccc2S(=O)(=O)Nc2noc(C)c2Cl)c(COCC)c1)N1C(=O)C2(CCCC2)N=C1CCCC. The zero-order chi connectivity index (χ0) is 39.3. The van der Waals surface area contributed by atoms with Gasteiger partial charge in [0.15, 0.2) is 5.76 Å². The lowest BCUT2D eigenvalue weighted by molar-refractivity contribution is -0.131. The molecule has 2 heterocycles. The summed E-state index contributed by atoms with van der Waals surface area (Å²) in [6.45, 7) is 3.77. The number of sulfonamides is 1. The number of anilines is 1. The number of hydrogen-bond donors (Lipinski definition) is 2. The number of rotatable bonds is 13. The van der Waals surface area contributed by atoms with E-state index < -0.39 is 32.2 Å². The van der Waals surface area contributed by atoms with Crippen LogP contribution in [0.25, 0.3) is 11.1 Å². The number of nitrogens with zero attached hydrogens (tertiary/aromatic N) is 3. The highest BCUT2D eigenvalue weighted by Gasteiger charge is 2.49. The van der Waals surface area contributed by atoms with Crippen molar-refractivity contribution < 1.29 is 38.2 Å². The Morgan fingerprint density at radius 1 is 1.02 bits per heavy atom. The quantitative estimate of drug-likeness (QED) is 0.129. The second-order valence-electron chi connectivity index (χ2n) is 12.4. The van der Waals surface area contributed by atoms with Crippen molar-refractivity contribution in [3.05, 3.63) is 94.7 Å². The molecule has 1 saturated carbocycles. The van der Waals surface area contributed by atoms with Crippen LogP contribution in [0.5, 0.6) is 0 Å². The smallest absolute Gasteiger partial charge is 0.294 e. The third kappa shape index (κ3) is 8.92. The highest BCUT2D eigenvalue weighted by Crippen LogP contribution is 2.40. The molecule has 2 N–H and O–H groups in total. The van der Waals surface area contributed by atoms with Crippen LogP contribution in [0, 0.1) is 6.92 Å². The van der Waals surface area contributed by atoms with Crippen molar-refractivity contribution in [2.75, 3.05) is 11.3 Å². The fourth-order valence-corrected chi connectivity index (χ4v) is 7.99. The van der Waals surface area contributed by atoms with Gasteiger partial charge in [-0.1, -0.05) is 97.5 Å². The van der Waals surface area contributed by atoms with E-state index in [0.29, 0.717) is 48.4 Å². The molecule has 1 fully saturated rings. The van der Waals surface area contributed by atoms with Crippen LogP contribution in [0.15, 0.2) is 92.1 Å². The Bertz CT molecular complexity index is 2230. The van der Waals surface area contributed by atoms with Gasteiger partial charge in [0.05, 0.1) is 25.6 Å². The minimum Gasteiger partial charge on any atom is -0.377 e. The zero-order valence-corrected chi connectivity index (χ0v) is 31.5. The minimum atomic E-state index is -4.17. The van der Waals surface area contributed by atoms with Crippen molar-refractivity contribution in [3.8, 4) is 11.1 Å². The van der Waals surface area contributed by atoms with Crippen molar-refractivity contribution in [1.29, 1.82) is 0 Å². The van der Waals surface area contributed by atoms with Gasteiger partial charge in [-0.15, -0.1) is 0 Å². The molecular formula is C37H43ClN4O8S2. The summed E-state index contributed by atoms with van der Waals surface area (Å²) in [4.78, 5) is 19.9. The first-order chi connectivity index (χ1) is 25.6. The number of halogens is 1. The maximum atomic E-state index is 13.9. The molecule has 1 aliphatic carbocycles. The van der Waals surface area contributed by atoms with Crippen LogP contribution < -0.4 is 4.72 Å². The lowest BCUT2D eigenvalue weighted by Gasteiger charge is -2.23. The van der Waals surface area contributed by atoms with E-state index in [2.05, 4.69) is 16.8 Å². The largest absolute Gasteiger partial charge is 0.377 e. The van der Waals surface area contributed by atoms with Gasteiger partial charge >= 0.3 is 0 Å². The van der Waals surface area contributed by atoms with Crippen LogP contribution in [0.1, 0.15) is 78.4 Å². The van der Waals surface area contributed by atoms with Gasteiger partial charge in [0, 0.05) is 18.6 Å². The molecule has 0 unspecified atom stereocenters. The van der Waals surface area contributed by atoms with E-state index in [-0.39, 0.29) is 44.5 Å². The van der Waals surface area contributed by atoms with Gasteiger partial charge in [0.25, 0.3) is 26.0 Å². The normalized spacial score (nSPS) is 16.3. The topological polar surface area (TPSA) is 168 Å². The summed E-state index contributed by atoms with van der Waals surface area (Å²) >= 11 is 6.17. The molecule has 0 saturated heterocycles. The van der Waals surface area contributed by atoms with Crippen LogP contribution in [0.4, 0.5) is 5.82 Å². The number of aromatic nitrogens is 1. The van der Waals surface area contributed by atoms with E-state index >= 15 is 0 Å². The number of carbonyl (C=O) groups excluding carboxylic acids is 1. The number of carbonyl (C=O) groups is 1. The number of amides is 1. The van der Waals surface area contributed by atoms with E-state index in [9.17, 15) is 24.4 Å². The van der Waals surface area contributed by atoms with Gasteiger partial charge in [0.1, 0.15) is 16.4 Å². The average Bonchev–Trinajstić information content (AvgIpc) is 3.83. The summed E-state index contributed by atoms with van der Waals surface area (Å²) in [5, 5.41) is 3.78. The first-order valence-electron chi connectivity index (χ1n) is 18.0. The van der Waals surface area contributed by atoms with Gasteiger partial charge in [-0.05, 0) is 68.0 Å². The predicted octanol–water partition coefficient (Wildman–Crippen LogP) is 7.82. The number of ether oxygens (including phenoxy) is 1. The highest BCUT2D eigenvalue weighted by molar-refractivity contribution is 7.92. The fourth-order valence-electron chi connectivity index (χ4n) is 6.08. The summed E-state index contributed by atoms with van der Waals surface area (Å²) in [6.07, 6.45) is 5.23. The van der Waals surface area contributed by atoms with Gasteiger partial charge in [-0.2, -0.15) is 8.42 Å². The van der Waals surface area contributed by atoms with E-state index in [1.165, 1.54) is 23.1 Å². The Kier molecular flexibility index (Phi) is 11.7. The second-order valence-corrected chi connectivity index (χ2v) is 15.9. The van der Waals surface area contributed by atoms with E-state index in [1.54, 1.807) is 61.5 Å². The molecular weight excluding hydrogens is 728 g/mol. The zero-order valence-electron chi connectivity index (χ0n) is 31.1. The molecule has 0 atom stereocenters. The molecule has 1 spiro atoms. The molecule has 0 bridgehead atoms. The molecule has 52 heavy (non-hydrogen) atoms. The standard InChI is InChI=1S/C31H37ClN4O5S.C6H6O3S/c1-4-6-13-27-33-31(16-9-10-17-31)30(37)36(27)19-22-14-15-24(23(18-22)20-40-5-2)25-11-7-8-12-26(25)42(38,39)35-29-28(32)21(3)41-34-29;7-10(8,9)6-4-2-1-3-5-6/h7-8,11-12,14-15,18H,4-6,9-10,13,16-17,19-20H2,1-3H3,(H,34,35);1-5H,(H,7,8,9)/i19D2;. The van der Waals surface area contributed by atoms with Gasteiger partial charge in [0.2, 0.25) is 5.82 Å². The number of nitrogens with one attached hydrogen (secondary N) is 1. The number of benzene rings is 3. The number of hydrogen-bond acceptors (Lipinski definition) is 9. The van der Waals surface area contributed by atoms with Crippen molar-refractivity contribution in [3.63, 3.8) is 0 Å². The maximum Gasteiger partial charge on any atom is 0.294 e. The summed E-state index contributed by atoms with van der Waals surface area (Å²) in [5.41, 5.74) is 0.870. The maximum absolute atomic E-state index is 13.9. The Balaban J connectivity index is 0.000000486. The number of amidine groups is 1. The first-order valence-corrected chi connectivity index (χ1v) is 20.3. The molecule has 1 amide bonds. The predicted molar refractivity (Wildman–Crippen MR) is 199 cm³/mol. The van der Waals surface area contributed by atoms with Crippen LogP contribution in [-0.4, -0.2) is 55.3 Å². The van der Waals surface area contributed by atoms with Crippen molar-refractivity contribution >= 4 is 49.3 Å². The van der Waals surface area contributed by atoms with Crippen molar-refractivity contribution in [1.82, 2.24) is 10.1 Å². The number of aryl methyl sites for hydroxylation is 1. The summed E-state index contributed by atoms with van der Waals surface area (Å²) in [5.74, 6) is 0.363. The Morgan fingerprint density at radius 2 is 1.71 bits per heavy atom. The van der Waals surface area contributed by atoms with Gasteiger partial charge in [-0.25, -0.2) is 8.42 Å². The van der Waals surface area contributed by atoms with Gasteiger partial charge in [-0.3, -0.25) is 24.0 Å². The number of unbranched alkanes of at least 4 members (excludes halogenated alkanes) is 1. The summed E-state index contributed by atoms with van der Waals surface area (Å²) < 4.78 is 88.1. The van der Waals surface area contributed by atoms with Crippen molar-refractivity contribution in [2.24, 2.45) is 4.99 Å². The Hall–Kier alpha value is -4.08. The van der Waals surface area contributed by atoms with E-state index in [4.69, 9.17) is 30.4 Å². The molecule has 278 valence electrons. The molecule has 15 heteroatoms. The van der Waals surface area contributed by atoms with Crippen LogP contribution in [0.3, 0.4) is 0 Å². The van der Waals surface area contributed by atoms with Gasteiger partial charge < -0.3 is 9.26 Å². The van der Waals surface area contributed by atoms with Crippen LogP contribution in [0.2, 0.25) is 5.02 Å². The summed E-state index contributed by atoms with van der Waals surface area (Å²) in [7, 11) is -8.17. The molecule has 6 rings (SSSR count). The third-order valence-electron chi connectivity index (χ3n) is 8.72. The van der Waals surface area contributed by atoms with Crippen molar-refractivity contribution in [2.45, 2.75) is 94.2 Å². The highest BCUT2D eigenvalue weighted by atomic mass is 35.5. The molecule has 0 radical (unpaired) electrons. The molecule has 12 nitrogen and oxygen atoms in total. The number of aliphatic imine (C=N–C) groups is 1. The Morgan fingerprint density at radius 3 is 2.33 bits per heavy atom. The van der Waals surface area contributed by atoms with E-state index in [1.807, 2.05) is 6.92 Å². The Labute approximate surface area is 312 Å². The third-order valence-corrected chi connectivity index (χ3v) is 11.4. The molecule has 4 aromatic rings. The van der Waals surface area contributed by atoms with Crippen LogP contribution in [-0.2, 0) is 42.8 Å². The lowest BCUT2D eigenvalue weighted by atomic mass is 9.96. The van der Waals surface area contributed by atoms with E-state index in [0.717, 1.165) is 25.7 Å². The minimum absolute atomic E-state index is 0.0305. The molecule has 1 aliphatic heterocycles. The lowest BCUT2D eigenvalue weighted by Crippen LogP contribution is -2.40. The second kappa shape index (κ2) is 16.7. The average molecular weight is 773 g/mol. The molecule has 2 aliphatic rings. The molecule has 1 aromatic heterocycles. The summed E-state index contributed by atoms with van der Waals surface area (Å²) in [6, 6.07) is 18.8. The first kappa shape index (κ1) is 36.3.